The molecule has 1 aromatic carbocycles. The molecule has 0 saturated carbocycles. The standard InChI is InChI=1S/C17H13NO5S/c19-15(18-16(20)14-6-3-7-24-14)10-23-17(21)12-8-11-4-1-2-5-13(11)22-9-12/h1-8H,9-10H2,(H,18,19,20). The van der Waals surface area contributed by atoms with Crippen molar-refractivity contribution in [2.45, 2.75) is 0 Å². The van der Waals surface area contributed by atoms with E-state index in [-0.39, 0.29) is 6.61 Å². The summed E-state index contributed by atoms with van der Waals surface area (Å²) >= 11 is 1.22. The molecule has 1 aromatic heterocycles. The topological polar surface area (TPSA) is 81.7 Å². The van der Waals surface area contributed by atoms with Gasteiger partial charge in [-0.25, -0.2) is 4.79 Å². The SMILES string of the molecule is O=C(COC(=O)C1=Cc2ccccc2OC1)NC(=O)c1cccs1. The van der Waals surface area contributed by atoms with Crippen LogP contribution in [-0.2, 0) is 14.3 Å². The number of rotatable bonds is 4. The predicted molar refractivity (Wildman–Crippen MR) is 87.7 cm³/mol. The van der Waals surface area contributed by atoms with Crippen LogP contribution in [0.25, 0.3) is 6.08 Å². The lowest BCUT2D eigenvalue weighted by Gasteiger charge is -2.16. The molecule has 0 fully saturated rings. The van der Waals surface area contributed by atoms with Gasteiger partial charge in [-0.05, 0) is 23.6 Å². The first-order valence-electron chi connectivity index (χ1n) is 7.10. The van der Waals surface area contributed by atoms with Crippen LogP contribution in [-0.4, -0.2) is 31.0 Å². The zero-order valence-corrected chi connectivity index (χ0v) is 13.3. The summed E-state index contributed by atoms with van der Waals surface area (Å²) in [5, 5.41) is 3.89. The van der Waals surface area contributed by atoms with Crippen LogP contribution in [0, 0.1) is 0 Å². The van der Waals surface area contributed by atoms with Crippen molar-refractivity contribution in [3.8, 4) is 5.75 Å². The Hall–Kier alpha value is -2.93. The first kappa shape index (κ1) is 15.9. The maximum Gasteiger partial charge on any atom is 0.338 e. The summed E-state index contributed by atoms with van der Waals surface area (Å²) in [4.78, 5) is 35.8. The molecule has 122 valence electrons. The fraction of sp³-hybridized carbons (Fsp3) is 0.118. The van der Waals surface area contributed by atoms with Gasteiger partial charge >= 0.3 is 5.97 Å². The van der Waals surface area contributed by atoms with Gasteiger partial charge < -0.3 is 9.47 Å². The Kier molecular flexibility index (Phi) is 4.72. The van der Waals surface area contributed by atoms with Gasteiger partial charge in [-0.3, -0.25) is 14.9 Å². The summed E-state index contributed by atoms with van der Waals surface area (Å²) in [5.41, 5.74) is 1.08. The molecule has 0 spiro atoms. The van der Waals surface area contributed by atoms with Gasteiger partial charge in [0.1, 0.15) is 12.4 Å². The first-order chi connectivity index (χ1) is 11.6. The third-order valence-electron chi connectivity index (χ3n) is 3.23. The highest BCUT2D eigenvalue weighted by atomic mass is 32.1. The molecule has 1 aliphatic rings. The Balaban J connectivity index is 1.53. The van der Waals surface area contributed by atoms with E-state index in [1.807, 2.05) is 18.2 Å². The molecule has 0 bridgehead atoms. The number of hydrogen-bond donors (Lipinski definition) is 1. The average molecular weight is 343 g/mol. The summed E-state index contributed by atoms with van der Waals surface area (Å²) in [5.74, 6) is -1.16. The van der Waals surface area contributed by atoms with Crippen LogP contribution < -0.4 is 10.1 Å². The molecule has 3 rings (SSSR count). The van der Waals surface area contributed by atoms with Gasteiger partial charge in [-0.15, -0.1) is 11.3 Å². The number of ether oxygens (including phenoxy) is 2. The number of thiophene rings is 1. The molecule has 2 amide bonds. The van der Waals surface area contributed by atoms with Crippen molar-refractivity contribution in [1.82, 2.24) is 5.32 Å². The van der Waals surface area contributed by atoms with Crippen molar-refractivity contribution in [1.29, 1.82) is 0 Å². The number of carbonyl (C=O) groups is 3. The van der Waals surface area contributed by atoms with Gasteiger partial charge in [0, 0.05) is 5.56 Å². The molecule has 0 aliphatic carbocycles. The molecule has 1 N–H and O–H groups in total. The summed E-state index contributed by atoms with van der Waals surface area (Å²) in [6, 6.07) is 10.6. The van der Waals surface area contributed by atoms with Crippen molar-refractivity contribution >= 4 is 35.2 Å². The van der Waals surface area contributed by atoms with E-state index in [4.69, 9.17) is 9.47 Å². The Morgan fingerprint density at radius 1 is 1.17 bits per heavy atom. The van der Waals surface area contributed by atoms with E-state index in [9.17, 15) is 14.4 Å². The number of amides is 2. The maximum absolute atomic E-state index is 12.0. The summed E-state index contributed by atoms with van der Waals surface area (Å²) in [6.45, 7) is -0.458. The highest BCUT2D eigenvalue weighted by molar-refractivity contribution is 7.12. The molecule has 0 atom stereocenters. The van der Waals surface area contributed by atoms with Crippen molar-refractivity contribution in [3.63, 3.8) is 0 Å². The number of hydrogen-bond acceptors (Lipinski definition) is 6. The van der Waals surface area contributed by atoms with Crippen LogP contribution in [0.3, 0.4) is 0 Å². The summed E-state index contributed by atoms with van der Waals surface area (Å²) < 4.78 is 10.4. The average Bonchev–Trinajstić information content (AvgIpc) is 3.14. The first-order valence-corrected chi connectivity index (χ1v) is 7.98. The zero-order valence-electron chi connectivity index (χ0n) is 12.5. The number of esters is 1. The second-order valence-electron chi connectivity index (χ2n) is 4.93. The second kappa shape index (κ2) is 7.10. The Morgan fingerprint density at radius 3 is 2.79 bits per heavy atom. The minimum absolute atomic E-state index is 0.0750. The summed E-state index contributed by atoms with van der Waals surface area (Å²) in [6.07, 6.45) is 1.66. The molecule has 0 radical (unpaired) electrons. The number of nitrogens with one attached hydrogen (secondary N) is 1. The van der Waals surface area contributed by atoms with Crippen molar-refractivity contribution in [3.05, 3.63) is 57.8 Å². The van der Waals surface area contributed by atoms with Gasteiger partial charge in [0.2, 0.25) is 0 Å². The van der Waals surface area contributed by atoms with Crippen LogP contribution in [0.5, 0.6) is 5.75 Å². The van der Waals surface area contributed by atoms with Crippen LogP contribution in [0.1, 0.15) is 15.2 Å². The van der Waals surface area contributed by atoms with Crippen LogP contribution >= 0.6 is 11.3 Å². The number of para-hydroxylation sites is 1. The monoisotopic (exact) mass is 343 g/mol. The number of benzene rings is 1. The van der Waals surface area contributed by atoms with E-state index >= 15 is 0 Å². The van der Waals surface area contributed by atoms with Gasteiger partial charge in [-0.1, -0.05) is 24.3 Å². The fourth-order valence-corrected chi connectivity index (χ4v) is 2.71. The lowest BCUT2D eigenvalue weighted by atomic mass is 10.1. The Labute approximate surface area is 141 Å². The minimum Gasteiger partial charge on any atom is -0.488 e. The quantitative estimate of drug-likeness (QED) is 0.859. The van der Waals surface area contributed by atoms with Crippen molar-refractivity contribution < 1.29 is 23.9 Å². The molecule has 1 aliphatic heterocycles. The van der Waals surface area contributed by atoms with Crippen LogP contribution in [0.4, 0.5) is 0 Å². The second-order valence-corrected chi connectivity index (χ2v) is 5.87. The highest BCUT2D eigenvalue weighted by Gasteiger charge is 2.19. The Bertz CT molecular complexity index is 810. The van der Waals surface area contributed by atoms with E-state index in [2.05, 4.69) is 5.32 Å². The van der Waals surface area contributed by atoms with E-state index in [1.165, 1.54) is 11.3 Å². The molecular formula is C17H13NO5S. The van der Waals surface area contributed by atoms with E-state index in [1.54, 1.807) is 29.7 Å². The van der Waals surface area contributed by atoms with Gasteiger partial charge in [-0.2, -0.15) is 0 Å². The largest absolute Gasteiger partial charge is 0.488 e. The van der Waals surface area contributed by atoms with Gasteiger partial charge in [0.15, 0.2) is 6.61 Å². The van der Waals surface area contributed by atoms with E-state index < -0.39 is 24.4 Å². The van der Waals surface area contributed by atoms with Gasteiger partial charge in [0.25, 0.3) is 11.8 Å². The normalized spacial score (nSPS) is 12.4. The number of fused-ring (bicyclic) bond motifs is 1. The molecule has 7 heteroatoms. The predicted octanol–water partition coefficient (Wildman–Crippen LogP) is 2.02. The molecular weight excluding hydrogens is 330 g/mol. The lowest BCUT2D eigenvalue weighted by Crippen LogP contribution is -2.34. The minimum atomic E-state index is -0.681. The zero-order chi connectivity index (χ0) is 16.9. The highest BCUT2D eigenvalue weighted by Crippen LogP contribution is 2.25. The Morgan fingerprint density at radius 2 is 2.00 bits per heavy atom. The van der Waals surface area contributed by atoms with Crippen molar-refractivity contribution in [2.75, 3.05) is 13.2 Å². The van der Waals surface area contributed by atoms with Gasteiger partial charge in [0.05, 0.1) is 10.5 Å². The van der Waals surface area contributed by atoms with E-state index in [0.29, 0.717) is 16.2 Å². The molecule has 0 saturated heterocycles. The maximum atomic E-state index is 12.0. The third kappa shape index (κ3) is 3.69. The fourth-order valence-electron chi connectivity index (χ4n) is 2.09. The van der Waals surface area contributed by atoms with Crippen LogP contribution in [0.2, 0.25) is 0 Å². The third-order valence-corrected chi connectivity index (χ3v) is 4.10. The van der Waals surface area contributed by atoms with Crippen molar-refractivity contribution in [2.24, 2.45) is 0 Å². The molecule has 2 heterocycles. The molecule has 6 nitrogen and oxygen atoms in total. The number of carbonyl (C=O) groups excluding carboxylic acids is 3. The lowest BCUT2D eigenvalue weighted by molar-refractivity contribution is -0.144. The molecule has 24 heavy (non-hydrogen) atoms. The van der Waals surface area contributed by atoms with Crippen LogP contribution in [0.15, 0.2) is 47.4 Å². The molecule has 2 aromatic rings. The smallest absolute Gasteiger partial charge is 0.338 e. The summed E-state index contributed by atoms with van der Waals surface area (Å²) in [7, 11) is 0. The number of imide groups is 1. The molecule has 0 unspecified atom stereocenters. The van der Waals surface area contributed by atoms with E-state index in [0.717, 1.165) is 5.56 Å².